The quantitative estimate of drug-likeness (QED) is 0.372. The molecule has 166 valence electrons. The molecule has 3 heterocycles. The minimum absolute atomic E-state index is 0.0443. The smallest absolute Gasteiger partial charge is 0.378 e. The summed E-state index contributed by atoms with van der Waals surface area (Å²) in [6.45, 7) is 5.07. The number of aromatic amines is 1. The summed E-state index contributed by atoms with van der Waals surface area (Å²) >= 11 is 0. The van der Waals surface area contributed by atoms with Gasteiger partial charge in [0, 0.05) is 25.2 Å². The van der Waals surface area contributed by atoms with Crippen molar-refractivity contribution >= 4 is 23.5 Å². The van der Waals surface area contributed by atoms with Crippen LogP contribution in [0.3, 0.4) is 0 Å². The largest absolute Gasteiger partial charge is 0.477 e. The summed E-state index contributed by atoms with van der Waals surface area (Å²) in [7, 11) is 0. The van der Waals surface area contributed by atoms with Gasteiger partial charge in [-0.1, -0.05) is 18.4 Å². The first kappa shape index (κ1) is 21.1. The molecular weight excluding hydrogens is 402 g/mol. The average Bonchev–Trinajstić information content (AvgIpc) is 3.24. The number of rotatable bonds is 6. The van der Waals surface area contributed by atoms with E-state index in [9.17, 15) is 24.6 Å². The highest BCUT2D eigenvalue weighted by Crippen LogP contribution is 2.21. The van der Waals surface area contributed by atoms with Crippen molar-refractivity contribution in [3.05, 3.63) is 33.8 Å². The maximum absolute atomic E-state index is 13.0. The van der Waals surface area contributed by atoms with Crippen LogP contribution in [0.5, 0.6) is 5.88 Å². The van der Waals surface area contributed by atoms with E-state index < -0.39 is 17.6 Å². The van der Waals surface area contributed by atoms with Crippen LogP contribution in [-0.2, 0) is 11.3 Å². The van der Waals surface area contributed by atoms with E-state index in [2.05, 4.69) is 10.4 Å². The van der Waals surface area contributed by atoms with E-state index in [0.717, 1.165) is 12.8 Å². The summed E-state index contributed by atoms with van der Waals surface area (Å²) in [5.41, 5.74) is -0.0659. The van der Waals surface area contributed by atoms with Crippen molar-refractivity contribution in [2.24, 2.45) is 5.92 Å². The number of hydrogen-bond acceptors (Lipinski definition) is 5. The molecule has 10 heteroatoms. The van der Waals surface area contributed by atoms with E-state index in [1.165, 1.54) is 15.2 Å². The Morgan fingerprint density at radius 1 is 1.35 bits per heavy atom. The first-order chi connectivity index (χ1) is 14.8. The molecule has 1 aliphatic heterocycles. The van der Waals surface area contributed by atoms with Gasteiger partial charge in [0.15, 0.2) is 0 Å². The van der Waals surface area contributed by atoms with E-state index in [4.69, 9.17) is 0 Å². The Bertz CT molecular complexity index is 1110. The van der Waals surface area contributed by atoms with Crippen LogP contribution in [0.4, 0.5) is 0 Å². The van der Waals surface area contributed by atoms with Gasteiger partial charge in [-0.15, -0.1) is 0 Å². The van der Waals surface area contributed by atoms with E-state index in [0.29, 0.717) is 37.3 Å². The molecular formula is C21H28N5O5+. The summed E-state index contributed by atoms with van der Waals surface area (Å²) in [5.74, 6) is -1.10. The molecule has 0 aromatic carbocycles. The first-order valence-electron chi connectivity index (χ1n) is 10.6. The van der Waals surface area contributed by atoms with Crippen LogP contribution in [0, 0.1) is 5.92 Å². The lowest BCUT2D eigenvalue weighted by atomic mass is 10.2. The third kappa shape index (κ3) is 4.20. The fourth-order valence-corrected chi connectivity index (χ4v) is 3.82. The number of nitrogens with one attached hydrogen (secondary N) is 2. The lowest BCUT2D eigenvalue weighted by molar-refractivity contribution is -0.686. The molecule has 31 heavy (non-hydrogen) atoms. The second-order valence-electron chi connectivity index (χ2n) is 8.70. The Morgan fingerprint density at radius 2 is 2.10 bits per heavy atom. The third-order valence-corrected chi connectivity index (χ3v) is 5.54. The number of nitrogens with zero attached hydrogens (tertiary/aromatic N) is 3. The minimum Gasteiger partial charge on any atom is -0.477 e. The molecule has 0 radical (unpaired) electrons. The fourth-order valence-electron chi connectivity index (χ4n) is 3.82. The molecule has 1 saturated carbocycles. The molecule has 4 N–H and O–H groups in total. The van der Waals surface area contributed by atoms with Crippen LogP contribution < -0.4 is 15.4 Å². The number of carbonyl (C=O) groups is 2. The Balaban J connectivity index is 1.75. The van der Waals surface area contributed by atoms with E-state index in [1.54, 1.807) is 17.2 Å². The van der Waals surface area contributed by atoms with Crippen molar-refractivity contribution < 1.29 is 24.4 Å². The molecule has 10 nitrogen and oxygen atoms in total. The summed E-state index contributed by atoms with van der Waals surface area (Å²) in [6, 6.07) is 0.0443. The number of H-pyrrole nitrogens is 1. The number of likely N-dealkylation sites (tertiary alicyclic amines) is 1. The summed E-state index contributed by atoms with van der Waals surface area (Å²) in [6.07, 6.45) is 6.28. The predicted octanol–water partition coefficient (Wildman–Crippen LogP) is -0.225. The van der Waals surface area contributed by atoms with E-state index in [-0.39, 0.29) is 29.3 Å². The summed E-state index contributed by atoms with van der Waals surface area (Å²) in [5, 5.41) is 26.1. The second kappa shape index (κ2) is 8.18. The third-order valence-electron chi connectivity index (χ3n) is 5.54. The number of amides is 2. The van der Waals surface area contributed by atoms with Gasteiger partial charge in [0.25, 0.3) is 5.91 Å². The van der Waals surface area contributed by atoms with Crippen LogP contribution in [0.1, 0.15) is 49.0 Å². The van der Waals surface area contributed by atoms with Crippen LogP contribution >= 0.6 is 0 Å². The van der Waals surface area contributed by atoms with Crippen LogP contribution in [0.25, 0.3) is 11.7 Å². The zero-order valence-corrected chi connectivity index (χ0v) is 17.7. The first-order valence-corrected chi connectivity index (χ1v) is 10.6. The van der Waals surface area contributed by atoms with Gasteiger partial charge in [-0.3, -0.25) is 9.59 Å². The number of fused-ring (bicyclic) bond motifs is 1. The zero-order chi connectivity index (χ0) is 22.3. The molecule has 4 rings (SSSR count). The van der Waals surface area contributed by atoms with Crippen LogP contribution in [-0.4, -0.2) is 61.8 Å². The minimum atomic E-state index is -0.653. The molecule has 1 atom stereocenters. The Labute approximate surface area is 178 Å². The Hall–Kier alpha value is -3.14. The van der Waals surface area contributed by atoms with Crippen molar-refractivity contribution in [1.29, 1.82) is 0 Å². The van der Waals surface area contributed by atoms with Gasteiger partial charge >= 0.3 is 17.1 Å². The number of β-amino-alcohol motifs (C(OH)–C–C–N with tert-alkyl or cyclic N) is 1. The van der Waals surface area contributed by atoms with Crippen molar-refractivity contribution in [2.75, 3.05) is 13.1 Å². The molecule has 0 unspecified atom stereocenters. The highest BCUT2D eigenvalue weighted by atomic mass is 16.3. The summed E-state index contributed by atoms with van der Waals surface area (Å²) < 4.78 is 2.74. The monoisotopic (exact) mass is 430 g/mol. The van der Waals surface area contributed by atoms with Gasteiger partial charge in [0.2, 0.25) is 11.5 Å². The Morgan fingerprint density at radius 3 is 2.71 bits per heavy atom. The lowest BCUT2D eigenvalue weighted by Gasteiger charge is -2.12. The van der Waals surface area contributed by atoms with Crippen molar-refractivity contribution in [1.82, 2.24) is 19.8 Å². The highest BCUT2D eigenvalue weighted by Gasteiger charge is 2.34. The topological polar surface area (TPSA) is 131 Å². The standard InChI is InChI=1S/C21H27N5O5/c1-12(2)10-25-19-13(3-6-16(28)24-8-7-15(27)11-24)9-22-26(19)21(31)17(20(25)30)18(29)23-14-4-5-14/h3,6,9,12,14-15,27H,4-5,7-8,10-11H2,1-2H3,(H2,23,29,30,31)/p+1/b6-3+/t15-/m1/s1. The van der Waals surface area contributed by atoms with Gasteiger partial charge in [0.05, 0.1) is 24.4 Å². The van der Waals surface area contributed by atoms with Gasteiger partial charge in [0.1, 0.15) is 0 Å². The molecule has 1 saturated heterocycles. The molecule has 2 aromatic rings. The van der Waals surface area contributed by atoms with Crippen molar-refractivity contribution in [3.8, 4) is 5.88 Å². The molecule has 0 spiro atoms. The number of aliphatic hydroxyl groups is 1. The average molecular weight is 430 g/mol. The number of aromatic hydroxyl groups is 1. The lowest BCUT2D eigenvalue weighted by Crippen LogP contribution is -2.46. The Kier molecular flexibility index (Phi) is 5.57. The van der Waals surface area contributed by atoms with Crippen molar-refractivity contribution in [2.45, 2.75) is 51.8 Å². The van der Waals surface area contributed by atoms with E-state index in [1.807, 2.05) is 13.8 Å². The van der Waals surface area contributed by atoms with Gasteiger partial charge in [-0.2, -0.15) is 4.57 Å². The van der Waals surface area contributed by atoms with E-state index >= 15 is 0 Å². The molecule has 1 aliphatic carbocycles. The van der Waals surface area contributed by atoms with Crippen LogP contribution in [0.15, 0.2) is 17.1 Å². The number of hydrogen-bond donors (Lipinski definition) is 4. The highest BCUT2D eigenvalue weighted by molar-refractivity contribution is 5.96. The maximum Gasteiger partial charge on any atom is 0.378 e. The van der Waals surface area contributed by atoms with Gasteiger partial charge < -0.3 is 20.4 Å². The van der Waals surface area contributed by atoms with Gasteiger partial charge in [-0.25, -0.2) is 9.89 Å². The molecule has 2 aliphatic rings. The number of carbonyl (C=O) groups excluding carboxylic acids is 2. The summed E-state index contributed by atoms with van der Waals surface area (Å²) in [4.78, 5) is 39.6. The van der Waals surface area contributed by atoms with Crippen molar-refractivity contribution in [3.63, 3.8) is 0 Å². The van der Waals surface area contributed by atoms with Crippen LogP contribution in [0.2, 0.25) is 0 Å². The molecule has 2 amide bonds. The maximum atomic E-state index is 13.0. The fraction of sp³-hybridized carbons (Fsp3) is 0.524. The molecule has 0 bridgehead atoms. The predicted molar refractivity (Wildman–Crippen MR) is 111 cm³/mol. The zero-order valence-electron chi connectivity index (χ0n) is 17.7. The number of aromatic nitrogens is 3. The second-order valence-corrected chi connectivity index (χ2v) is 8.70. The molecule has 2 fully saturated rings. The SMILES string of the molecule is CC(C)C[n+]1c(O)c(C(=O)NC2CC2)c(=O)n2[nH]cc(/C=C/C(=O)N3CC[C@@H](O)C3)c21. The van der Waals surface area contributed by atoms with Gasteiger partial charge in [-0.05, 0) is 31.3 Å². The molecule has 2 aromatic heterocycles. The normalized spacial score (nSPS) is 19.1. The number of aliphatic hydroxyl groups excluding tert-OH is 1.